The Bertz CT molecular complexity index is 349. The summed E-state index contributed by atoms with van der Waals surface area (Å²) in [5, 5.41) is 12.0. The zero-order valence-corrected chi connectivity index (χ0v) is 11.1. The van der Waals surface area contributed by atoms with Gasteiger partial charge >= 0.3 is 0 Å². The van der Waals surface area contributed by atoms with E-state index in [0.29, 0.717) is 11.7 Å². The molecule has 0 atom stereocenters. The van der Waals surface area contributed by atoms with E-state index in [-0.39, 0.29) is 11.7 Å². The normalized spacial score (nSPS) is 10.5. The second-order valence-corrected chi connectivity index (χ2v) is 5.36. The Morgan fingerprint density at radius 1 is 1.35 bits per heavy atom. The van der Waals surface area contributed by atoms with Crippen LogP contribution >= 0.6 is 11.8 Å². The predicted octanol–water partition coefficient (Wildman–Crippen LogP) is 2.65. The minimum atomic E-state index is 0.0590. The molecule has 0 aliphatic rings. The Kier molecular flexibility index (Phi) is 5.91. The average molecular weight is 253 g/mol. The molecule has 94 valence electrons. The third-order valence-electron chi connectivity index (χ3n) is 2.25. The van der Waals surface area contributed by atoms with Crippen molar-refractivity contribution in [3.05, 3.63) is 24.3 Å². The van der Waals surface area contributed by atoms with Crippen LogP contribution in [0.15, 0.2) is 29.2 Å². The number of phenols is 1. The van der Waals surface area contributed by atoms with Crippen LogP contribution in [0.5, 0.6) is 5.75 Å². The van der Waals surface area contributed by atoms with E-state index in [1.807, 2.05) is 0 Å². The smallest absolute Gasteiger partial charge is 0.230 e. The zero-order valence-electron chi connectivity index (χ0n) is 10.3. The lowest BCUT2D eigenvalue weighted by Crippen LogP contribution is -2.26. The number of carbonyl (C=O) groups is 1. The van der Waals surface area contributed by atoms with Crippen LogP contribution in [0.3, 0.4) is 0 Å². The van der Waals surface area contributed by atoms with E-state index in [4.69, 9.17) is 5.11 Å². The molecule has 1 amide bonds. The molecule has 17 heavy (non-hydrogen) atoms. The largest absolute Gasteiger partial charge is 0.508 e. The van der Waals surface area contributed by atoms with Gasteiger partial charge in [-0.1, -0.05) is 13.8 Å². The minimum Gasteiger partial charge on any atom is -0.508 e. The van der Waals surface area contributed by atoms with E-state index >= 15 is 0 Å². The van der Waals surface area contributed by atoms with Crippen molar-refractivity contribution in [2.24, 2.45) is 5.92 Å². The number of aromatic hydroxyl groups is 1. The molecule has 0 aromatic heterocycles. The number of carbonyl (C=O) groups excluding carboxylic acids is 1. The Morgan fingerprint density at radius 2 is 2.00 bits per heavy atom. The Hall–Kier alpha value is -1.16. The van der Waals surface area contributed by atoms with Crippen LogP contribution in [-0.2, 0) is 4.79 Å². The van der Waals surface area contributed by atoms with Crippen LogP contribution in [0, 0.1) is 5.92 Å². The number of amides is 1. The van der Waals surface area contributed by atoms with Gasteiger partial charge in [0.05, 0.1) is 5.75 Å². The molecule has 0 unspecified atom stereocenters. The van der Waals surface area contributed by atoms with Gasteiger partial charge in [-0.25, -0.2) is 0 Å². The highest BCUT2D eigenvalue weighted by atomic mass is 32.2. The highest BCUT2D eigenvalue weighted by Crippen LogP contribution is 2.20. The van der Waals surface area contributed by atoms with Gasteiger partial charge in [-0.3, -0.25) is 4.79 Å². The molecule has 0 saturated heterocycles. The topological polar surface area (TPSA) is 49.3 Å². The zero-order chi connectivity index (χ0) is 12.7. The molecule has 1 aromatic carbocycles. The summed E-state index contributed by atoms with van der Waals surface area (Å²) in [6, 6.07) is 6.86. The lowest BCUT2D eigenvalue weighted by Gasteiger charge is -2.07. The van der Waals surface area contributed by atoms with E-state index in [1.165, 1.54) is 11.8 Å². The molecule has 4 heteroatoms. The standard InChI is InChI=1S/C13H19NO2S/c1-10(2)7-8-14-13(16)9-17-12-5-3-11(15)4-6-12/h3-6,10,15H,7-9H2,1-2H3,(H,14,16). The molecule has 0 spiro atoms. The lowest BCUT2D eigenvalue weighted by atomic mass is 10.1. The molecule has 0 radical (unpaired) electrons. The molecule has 0 heterocycles. The van der Waals surface area contributed by atoms with Crippen LogP contribution in [0.2, 0.25) is 0 Å². The number of rotatable bonds is 6. The first kappa shape index (κ1) is 13.9. The summed E-state index contributed by atoms with van der Waals surface area (Å²) in [5.41, 5.74) is 0. The maximum Gasteiger partial charge on any atom is 0.230 e. The van der Waals surface area contributed by atoms with Crippen molar-refractivity contribution in [1.29, 1.82) is 0 Å². The van der Waals surface area contributed by atoms with E-state index in [1.54, 1.807) is 24.3 Å². The van der Waals surface area contributed by atoms with Gasteiger partial charge in [0.2, 0.25) is 5.91 Å². The second kappa shape index (κ2) is 7.22. The van der Waals surface area contributed by atoms with Crippen molar-refractivity contribution in [2.75, 3.05) is 12.3 Å². The summed E-state index contributed by atoms with van der Waals surface area (Å²) in [5.74, 6) is 1.34. The molecule has 0 aliphatic carbocycles. The van der Waals surface area contributed by atoms with Crippen molar-refractivity contribution < 1.29 is 9.90 Å². The van der Waals surface area contributed by atoms with Crippen LogP contribution in [0.4, 0.5) is 0 Å². The maximum absolute atomic E-state index is 11.5. The SMILES string of the molecule is CC(C)CCNC(=O)CSc1ccc(O)cc1. The van der Waals surface area contributed by atoms with E-state index in [9.17, 15) is 4.79 Å². The molecule has 0 saturated carbocycles. The average Bonchev–Trinajstić information content (AvgIpc) is 2.28. The van der Waals surface area contributed by atoms with Crippen molar-refractivity contribution in [1.82, 2.24) is 5.32 Å². The summed E-state index contributed by atoms with van der Waals surface area (Å²) in [6.45, 7) is 5.02. The van der Waals surface area contributed by atoms with Crippen molar-refractivity contribution in [2.45, 2.75) is 25.2 Å². The van der Waals surface area contributed by atoms with E-state index in [0.717, 1.165) is 17.9 Å². The summed E-state index contributed by atoms with van der Waals surface area (Å²) in [6.07, 6.45) is 1.01. The Morgan fingerprint density at radius 3 is 2.59 bits per heavy atom. The molecule has 3 nitrogen and oxygen atoms in total. The van der Waals surface area contributed by atoms with Crippen molar-refractivity contribution in [3.8, 4) is 5.75 Å². The molecule has 0 fully saturated rings. The van der Waals surface area contributed by atoms with Crippen LogP contribution < -0.4 is 5.32 Å². The van der Waals surface area contributed by atoms with Gasteiger partial charge in [0.1, 0.15) is 5.75 Å². The fourth-order valence-corrected chi connectivity index (χ4v) is 1.97. The molecule has 1 rings (SSSR count). The first-order valence-electron chi connectivity index (χ1n) is 5.76. The van der Waals surface area contributed by atoms with Gasteiger partial charge in [0.15, 0.2) is 0 Å². The molecule has 1 aromatic rings. The molecule has 2 N–H and O–H groups in total. The summed E-state index contributed by atoms with van der Waals surface area (Å²) >= 11 is 1.47. The minimum absolute atomic E-state index is 0.0590. The molecule has 0 aliphatic heterocycles. The van der Waals surface area contributed by atoms with E-state index < -0.39 is 0 Å². The van der Waals surface area contributed by atoms with Crippen molar-refractivity contribution >= 4 is 17.7 Å². The Labute approximate surface area is 107 Å². The number of nitrogens with one attached hydrogen (secondary N) is 1. The monoisotopic (exact) mass is 253 g/mol. The number of hydrogen-bond donors (Lipinski definition) is 2. The number of benzene rings is 1. The van der Waals surface area contributed by atoms with Gasteiger partial charge in [-0.2, -0.15) is 0 Å². The number of hydrogen-bond acceptors (Lipinski definition) is 3. The molecular formula is C13H19NO2S. The first-order valence-corrected chi connectivity index (χ1v) is 6.75. The van der Waals surface area contributed by atoms with Gasteiger partial charge in [-0.15, -0.1) is 11.8 Å². The fourth-order valence-electron chi connectivity index (χ4n) is 1.24. The maximum atomic E-state index is 11.5. The number of phenolic OH excluding ortho intramolecular Hbond substituents is 1. The van der Waals surface area contributed by atoms with Crippen molar-refractivity contribution in [3.63, 3.8) is 0 Å². The Balaban J connectivity index is 2.21. The lowest BCUT2D eigenvalue weighted by molar-refractivity contribution is -0.118. The third kappa shape index (κ3) is 6.22. The van der Waals surface area contributed by atoms with Crippen LogP contribution in [0.1, 0.15) is 20.3 Å². The molecule has 0 bridgehead atoms. The fraction of sp³-hybridized carbons (Fsp3) is 0.462. The van der Waals surface area contributed by atoms with Gasteiger partial charge in [-0.05, 0) is 36.6 Å². The molecular weight excluding hydrogens is 234 g/mol. The second-order valence-electron chi connectivity index (χ2n) is 4.32. The quantitative estimate of drug-likeness (QED) is 0.766. The van der Waals surface area contributed by atoms with E-state index in [2.05, 4.69) is 19.2 Å². The first-order chi connectivity index (χ1) is 8.08. The van der Waals surface area contributed by atoms with Gasteiger partial charge < -0.3 is 10.4 Å². The number of thioether (sulfide) groups is 1. The summed E-state index contributed by atoms with van der Waals surface area (Å²) in [7, 11) is 0. The summed E-state index contributed by atoms with van der Waals surface area (Å²) < 4.78 is 0. The highest BCUT2D eigenvalue weighted by molar-refractivity contribution is 8.00. The van der Waals surface area contributed by atoms with Crippen LogP contribution in [-0.4, -0.2) is 23.3 Å². The van der Waals surface area contributed by atoms with Crippen LogP contribution in [0.25, 0.3) is 0 Å². The van der Waals surface area contributed by atoms with Gasteiger partial charge in [0.25, 0.3) is 0 Å². The van der Waals surface area contributed by atoms with Gasteiger partial charge in [0, 0.05) is 11.4 Å². The highest BCUT2D eigenvalue weighted by Gasteiger charge is 2.03. The third-order valence-corrected chi connectivity index (χ3v) is 3.26. The summed E-state index contributed by atoms with van der Waals surface area (Å²) in [4.78, 5) is 12.5. The predicted molar refractivity (Wildman–Crippen MR) is 71.3 cm³/mol.